The molecule has 29 heavy (non-hydrogen) atoms. The molecule has 0 aliphatic heterocycles. The molecule has 0 saturated carbocycles. The molecule has 0 unspecified atom stereocenters. The van der Waals surface area contributed by atoms with Gasteiger partial charge in [0.2, 0.25) is 0 Å². The maximum absolute atomic E-state index is 12.4. The molecule has 0 atom stereocenters. The summed E-state index contributed by atoms with van der Waals surface area (Å²) in [4.78, 5) is 48.0. The number of carbonyl (C=O) groups is 4. The first-order valence-corrected chi connectivity index (χ1v) is 9.01. The summed E-state index contributed by atoms with van der Waals surface area (Å²) in [5.74, 6) is -1.55. The average Bonchev–Trinajstić information content (AvgIpc) is 2.66. The van der Waals surface area contributed by atoms with Crippen LogP contribution in [-0.2, 0) is 9.53 Å². The zero-order valence-electron chi connectivity index (χ0n) is 16.4. The van der Waals surface area contributed by atoms with Crippen molar-refractivity contribution >= 4 is 35.1 Å². The van der Waals surface area contributed by atoms with Crippen LogP contribution in [0.4, 0.5) is 16.2 Å². The zero-order chi connectivity index (χ0) is 21.4. The number of ether oxygens (including phenoxy) is 1. The normalized spacial score (nSPS) is 10.2. The average molecular weight is 397 g/mol. The highest BCUT2D eigenvalue weighted by Crippen LogP contribution is 2.17. The van der Waals surface area contributed by atoms with E-state index in [2.05, 4.69) is 16.0 Å². The minimum absolute atomic E-state index is 0.0734. The lowest BCUT2D eigenvalue weighted by Gasteiger charge is -2.13. The highest BCUT2D eigenvalue weighted by atomic mass is 16.5. The molecule has 0 aliphatic rings. The summed E-state index contributed by atoms with van der Waals surface area (Å²) in [6.45, 7) is 4.47. The summed E-state index contributed by atoms with van der Waals surface area (Å²) in [6, 6.07) is 12.3. The zero-order valence-corrected chi connectivity index (χ0v) is 16.4. The number of benzene rings is 2. The van der Waals surface area contributed by atoms with Gasteiger partial charge in [0, 0.05) is 11.6 Å². The van der Waals surface area contributed by atoms with Crippen molar-refractivity contribution in [2.45, 2.75) is 26.8 Å². The smallest absolute Gasteiger partial charge is 0.340 e. The molecular formula is C21H23N3O5. The summed E-state index contributed by atoms with van der Waals surface area (Å²) in [5, 5.41) is 7.79. The molecule has 2 aromatic rings. The van der Waals surface area contributed by atoms with Crippen molar-refractivity contribution in [3.05, 3.63) is 59.7 Å². The molecular weight excluding hydrogens is 374 g/mol. The number of esters is 1. The molecule has 3 amide bonds. The van der Waals surface area contributed by atoms with Gasteiger partial charge in [-0.3, -0.25) is 9.59 Å². The van der Waals surface area contributed by atoms with E-state index >= 15 is 0 Å². The Hall–Kier alpha value is -3.68. The summed E-state index contributed by atoms with van der Waals surface area (Å²) in [5.41, 5.74) is 1.08. The number of carbonyl (C=O) groups excluding carboxylic acids is 4. The summed E-state index contributed by atoms with van der Waals surface area (Å²) < 4.78 is 5.06. The third-order valence-electron chi connectivity index (χ3n) is 3.73. The molecule has 2 aromatic carbocycles. The van der Waals surface area contributed by atoms with E-state index in [9.17, 15) is 19.2 Å². The minimum Gasteiger partial charge on any atom is -0.452 e. The SMILES string of the molecule is CC(=O)c1ccccc1NC(=O)COC(=O)c1ccccc1NC(=O)NC(C)C. The van der Waals surface area contributed by atoms with Crippen LogP contribution in [0.5, 0.6) is 0 Å². The molecule has 3 N–H and O–H groups in total. The van der Waals surface area contributed by atoms with Crippen LogP contribution >= 0.6 is 0 Å². The van der Waals surface area contributed by atoms with E-state index in [0.717, 1.165) is 0 Å². The number of hydrogen-bond donors (Lipinski definition) is 3. The molecule has 0 saturated heterocycles. The van der Waals surface area contributed by atoms with Crippen LogP contribution in [0.2, 0.25) is 0 Å². The van der Waals surface area contributed by atoms with E-state index < -0.39 is 24.5 Å². The molecule has 8 heteroatoms. The first kappa shape index (κ1) is 21.6. The van der Waals surface area contributed by atoms with Gasteiger partial charge in [-0.05, 0) is 45.0 Å². The predicted octanol–water partition coefficient (Wildman–Crippen LogP) is 3.21. The maximum Gasteiger partial charge on any atom is 0.340 e. The second-order valence-electron chi connectivity index (χ2n) is 6.52. The van der Waals surface area contributed by atoms with Gasteiger partial charge in [-0.1, -0.05) is 24.3 Å². The third-order valence-corrected chi connectivity index (χ3v) is 3.73. The standard InChI is InChI=1S/C21H23N3O5/c1-13(2)22-21(28)24-18-11-7-5-9-16(18)20(27)29-12-19(26)23-17-10-6-4-8-15(17)14(3)25/h4-11,13H,12H2,1-3H3,(H,23,26)(H2,22,24,28). The van der Waals surface area contributed by atoms with E-state index in [1.165, 1.54) is 13.0 Å². The van der Waals surface area contributed by atoms with Gasteiger partial charge in [-0.25, -0.2) is 9.59 Å². The molecule has 2 rings (SSSR count). The van der Waals surface area contributed by atoms with Gasteiger partial charge in [-0.2, -0.15) is 0 Å². The number of urea groups is 1. The third kappa shape index (κ3) is 6.46. The number of nitrogens with one attached hydrogen (secondary N) is 3. The Morgan fingerprint density at radius 2 is 1.41 bits per heavy atom. The predicted molar refractivity (Wildman–Crippen MR) is 109 cm³/mol. The minimum atomic E-state index is -0.763. The van der Waals surface area contributed by atoms with Crippen LogP contribution in [0.1, 0.15) is 41.5 Å². The van der Waals surface area contributed by atoms with Gasteiger partial charge in [-0.15, -0.1) is 0 Å². The fourth-order valence-corrected chi connectivity index (χ4v) is 2.48. The van der Waals surface area contributed by atoms with Crippen LogP contribution in [0.25, 0.3) is 0 Å². The van der Waals surface area contributed by atoms with Crippen LogP contribution in [-0.4, -0.2) is 36.3 Å². The lowest BCUT2D eigenvalue weighted by atomic mass is 10.1. The number of anilines is 2. The molecule has 152 valence electrons. The van der Waals surface area contributed by atoms with Crippen molar-refractivity contribution in [3.63, 3.8) is 0 Å². The number of Topliss-reactive ketones (excluding diaryl/α,β-unsaturated/α-hetero) is 1. The van der Waals surface area contributed by atoms with Crippen molar-refractivity contribution in [1.82, 2.24) is 5.32 Å². The van der Waals surface area contributed by atoms with Crippen molar-refractivity contribution in [2.75, 3.05) is 17.2 Å². The van der Waals surface area contributed by atoms with Gasteiger partial charge in [0.05, 0.1) is 16.9 Å². The summed E-state index contributed by atoms with van der Waals surface area (Å²) >= 11 is 0. The Morgan fingerprint density at radius 3 is 2.00 bits per heavy atom. The second-order valence-corrected chi connectivity index (χ2v) is 6.52. The first-order valence-electron chi connectivity index (χ1n) is 9.01. The Balaban J connectivity index is 2.00. The van der Waals surface area contributed by atoms with Crippen molar-refractivity contribution in [2.24, 2.45) is 0 Å². The number of rotatable bonds is 7. The fourth-order valence-electron chi connectivity index (χ4n) is 2.48. The molecule has 0 radical (unpaired) electrons. The first-order chi connectivity index (χ1) is 13.8. The fraction of sp³-hybridized carbons (Fsp3) is 0.238. The van der Waals surface area contributed by atoms with Crippen molar-refractivity contribution in [3.8, 4) is 0 Å². The molecule has 0 heterocycles. The topological polar surface area (TPSA) is 114 Å². The second kappa shape index (κ2) is 10.0. The van der Waals surface area contributed by atoms with E-state index in [0.29, 0.717) is 11.3 Å². The number of ketones is 1. The molecule has 0 aliphatic carbocycles. The Kier molecular flexibility index (Phi) is 7.47. The number of para-hydroxylation sites is 2. The van der Waals surface area contributed by atoms with Crippen molar-refractivity contribution < 1.29 is 23.9 Å². The molecule has 0 spiro atoms. The largest absolute Gasteiger partial charge is 0.452 e. The monoisotopic (exact) mass is 397 g/mol. The van der Waals surface area contributed by atoms with E-state index in [4.69, 9.17) is 4.74 Å². The Bertz CT molecular complexity index is 924. The van der Waals surface area contributed by atoms with E-state index in [1.807, 2.05) is 13.8 Å². The molecule has 0 bridgehead atoms. The van der Waals surface area contributed by atoms with Crippen LogP contribution in [0, 0.1) is 0 Å². The van der Waals surface area contributed by atoms with Gasteiger partial charge in [0.15, 0.2) is 12.4 Å². The van der Waals surface area contributed by atoms with Gasteiger partial charge < -0.3 is 20.7 Å². The van der Waals surface area contributed by atoms with E-state index in [-0.39, 0.29) is 23.1 Å². The van der Waals surface area contributed by atoms with Gasteiger partial charge >= 0.3 is 12.0 Å². The molecule has 0 fully saturated rings. The van der Waals surface area contributed by atoms with Gasteiger partial charge in [0.1, 0.15) is 0 Å². The molecule has 0 aromatic heterocycles. The summed E-state index contributed by atoms with van der Waals surface area (Å²) in [7, 11) is 0. The highest BCUT2D eigenvalue weighted by Gasteiger charge is 2.17. The maximum atomic E-state index is 12.4. The van der Waals surface area contributed by atoms with Crippen LogP contribution in [0.3, 0.4) is 0 Å². The highest BCUT2D eigenvalue weighted by molar-refractivity contribution is 6.05. The summed E-state index contributed by atoms with van der Waals surface area (Å²) in [6.07, 6.45) is 0. The lowest BCUT2D eigenvalue weighted by Crippen LogP contribution is -2.34. The lowest BCUT2D eigenvalue weighted by molar-refractivity contribution is -0.119. The van der Waals surface area contributed by atoms with E-state index in [1.54, 1.807) is 42.5 Å². The Morgan fingerprint density at radius 1 is 0.862 bits per heavy atom. The Labute approximate surface area is 168 Å². The van der Waals surface area contributed by atoms with Gasteiger partial charge in [0.25, 0.3) is 5.91 Å². The van der Waals surface area contributed by atoms with Crippen LogP contribution in [0.15, 0.2) is 48.5 Å². The van der Waals surface area contributed by atoms with Crippen molar-refractivity contribution in [1.29, 1.82) is 0 Å². The number of amides is 3. The number of hydrogen-bond acceptors (Lipinski definition) is 5. The van der Waals surface area contributed by atoms with Crippen LogP contribution < -0.4 is 16.0 Å². The molecule has 8 nitrogen and oxygen atoms in total. The quantitative estimate of drug-likeness (QED) is 0.490.